The second-order valence-electron chi connectivity index (χ2n) is 7.19. The second kappa shape index (κ2) is 7.44. The molecule has 140 valence electrons. The number of hydrogen-bond acceptors (Lipinski definition) is 3. The number of amides is 1. The van der Waals surface area contributed by atoms with Crippen molar-refractivity contribution < 1.29 is 14.3 Å². The van der Waals surface area contributed by atoms with Gasteiger partial charge in [0.1, 0.15) is 13.2 Å². The number of carbonyl (C=O) groups is 1. The monoisotopic (exact) mass is 356 g/mol. The highest BCUT2D eigenvalue weighted by molar-refractivity contribution is 6.02. The first-order valence-corrected chi connectivity index (χ1v) is 9.35. The van der Waals surface area contributed by atoms with Crippen LogP contribution in [-0.4, -0.2) is 23.7 Å². The maximum Gasteiger partial charge on any atom is 0.251 e. The summed E-state index contributed by atoms with van der Waals surface area (Å²) in [4.78, 5) is 12.3. The predicted molar refractivity (Wildman–Crippen MR) is 103 cm³/mol. The Balaban J connectivity index is 2.16. The van der Waals surface area contributed by atoms with E-state index >= 15 is 0 Å². The lowest BCUT2D eigenvalue weighted by Crippen LogP contribution is -2.15. The molecular weight excluding hydrogens is 328 g/mol. The standard InChI is InChI=1S/C21H28N2O3/c1-5-16-20(15-6-7-17-18(12-15)26-11-10-25-17)19(21(22)24)14(4)23(16)9-8-13(2)3/h6-7,12-13H,5,8-11H2,1-4H3,(H2,22,24). The highest BCUT2D eigenvalue weighted by Crippen LogP contribution is 2.39. The van der Waals surface area contributed by atoms with Crippen LogP contribution >= 0.6 is 0 Å². The Morgan fingerprint density at radius 2 is 1.92 bits per heavy atom. The summed E-state index contributed by atoms with van der Waals surface area (Å²) in [6, 6.07) is 5.86. The number of primary amides is 1. The molecule has 0 bridgehead atoms. The lowest BCUT2D eigenvalue weighted by atomic mass is 9.98. The summed E-state index contributed by atoms with van der Waals surface area (Å²) in [5.74, 6) is 1.68. The van der Waals surface area contributed by atoms with Crippen LogP contribution in [0.5, 0.6) is 11.5 Å². The fraction of sp³-hybridized carbons (Fsp3) is 0.476. The molecule has 2 N–H and O–H groups in total. The molecule has 0 saturated heterocycles. The van der Waals surface area contributed by atoms with Crippen molar-refractivity contribution in [1.82, 2.24) is 4.57 Å². The van der Waals surface area contributed by atoms with Gasteiger partial charge in [0.05, 0.1) is 5.56 Å². The van der Waals surface area contributed by atoms with Gasteiger partial charge in [-0.05, 0) is 43.4 Å². The van der Waals surface area contributed by atoms with Gasteiger partial charge >= 0.3 is 0 Å². The van der Waals surface area contributed by atoms with Gasteiger partial charge in [-0.15, -0.1) is 0 Å². The van der Waals surface area contributed by atoms with Crippen molar-refractivity contribution in [2.45, 2.75) is 47.1 Å². The molecule has 0 aliphatic carbocycles. The third kappa shape index (κ3) is 3.30. The van der Waals surface area contributed by atoms with Crippen LogP contribution in [0.3, 0.4) is 0 Å². The zero-order chi connectivity index (χ0) is 18.8. The Morgan fingerprint density at radius 3 is 2.54 bits per heavy atom. The van der Waals surface area contributed by atoms with E-state index in [1.165, 1.54) is 0 Å². The Hall–Kier alpha value is -2.43. The average molecular weight is 356 g/mol. The van der Waals surface area contributed by atoms with Crippen molar-refractivity contribution in [2.75, 3.05) is 13.2 Å². The molecule has 1 aromatic heterocycles. The molecule has 3 rings (SSSR count). The molecule has 1 aromatic carbocycles. The molecule has 2 heterocycles. The molecule has 0 atom stereocenters. The van der Waals surface area contributed by atoms with Crippen molar-refractivity contribution in [2.24, 2.45) is 11.7 Å². The zero-order valence-electron chi connectivity index (χ0n) is 16.1. The van der Waals surface area contributed by atoms with Crippen LogP contribution in [0.2, 0.25) is 0 Å². The summed E-state index contributed by atoms with van der Waals surface area (Å²) in [5, 5.41) is 0. The maximum absolute atomic E-state index is 12.3. The fourth-order valence-corrected chi connectivity index (χ4v) is 3.67. The number of carbonyl (C=O) groups excluding carboxylic acids is 1. The van der Waals surface area contributed by atoms with Crippen molar-refractivity contribution in [3.63, 3.8) is 0 Å². The molecule has 0 spiro atoms. The van der Waals surface area contributed by atoms with Crippen LogP contribution in [-0.2, 0) is 13.0 Å². The van der Waals surface area contributed by atoms with Gasteiger partial charge in [-0.2, -0.15) is 0 Å². The molecule has 1 aliphatic rings. The molecule has 5 nitrogen and oxygen atoms in total. The number of fused-ring (bicyclic) bond motifs is 1. The van der Waals surface area contributed by atoms with Crippen LogP contribution in [0.15, 0.2) is 18.2 Å². The number of ether oxygens (including phenoxy) is 2. The van der Waals surface area contributed by atoms with Crippen molar-refractivity contribution >= 4 is 5.91 Å². The lowest BCUT2D eigenvalue weighted by Gasteiger charge is -2.19. The first-order chi connectivity index (χ1) is 12.4. The minimum Gasteiger partial charge on any atom is -0.486 e. The van der Waals surface area contributed by atoms with Crippen LogP contribution < -0.4 is 15.2 Å². The normalized spacial score (nSPS) is 13.3. The number of nitrogens with zero attached hydrogens (tertiary/aromatic N) is 1. The average Bonchev–Trinajstić information content (AvgIpc) is 2.91. The summed E-state index contributed by atoms with van der Waals surface area (Å²) in [6.07, 6.45) is 1.89. The van der Waals surface area contributed by atoms with Gasteiger partial charge in [0.15, 0.2) is 11.5 Å². The molecular formula is C21H28N2O3. The molecule has 0 unspecified atom stereocenters. The highest BCUT2D eigenvalue weighted by Gasteiger charge is 2.25. The predicted octanol–water partition coefficient (Wildman–Crippen LogP) is 3.94. The number of rotatable bonds is 6. The van der Waals surface area contributed by atoms with E-state index in [0.717, 1.165) is 53.4 Å². The van der Waals surface area contributed by atoms with Crippen LogP contribution in [0.4, 0.5) is 0 Å². The summed E-state index contributed by atoms with van der Waals surface area (Å²) < 4.78 is 13.6. The summed E-state index contributed by atoms with van der Waals surface area (Å²) >= 11 is 0. The molecule has 0 radical (unpaired) electrons. The second-order valence-corrected chi connectivity index (χ2v) is 7.19. The van der Waals surface area contributed by atoms with Gasteiger partial charge in [0.2, 0.25) is 0 Å². The number of aromatic nitrogens is 1. The molecule has 0 fully saturated rings. The van der Waals surface area contributed by atoms with E-state index in [1.54, 1.807) is 0 Å². The first-order valence-electron chi connectivity index (χ1n) is 9.35. The third-order valence-corrected chi connectivity index (χ3v) is 4.97. The van der Waals surface area contributed by atoms with Crippen LogP contribution in [0, 0.1) is 12.8 Å². The van der Waals surface area contributed by atoms with Gasteiger partial charge in [-0.1, -0.05) is 26.8 Å². The molecule has 1 aliphatic heterocycles. The Bertz CT molecular complexity index is 821. The summed E-state index contributed by atoms with van der Waals surface area (Å²) in [6.45, 7) is 10.5. The Morgan fingerprint density at radius 1 is 1.23 bits per heavy atom. The highest BCUT2D eigenvalue weighted by atomic mass is 16.6. The third-order valence-electron chi connectivity index (χ3n) is 4.97. The van der Waals surface area contributed by atoms with Gasteiger partial charge < -0.3 is 19.8 Å². The van der Waals surface area contributed by atoms with E-state index in [4.69, 9.17) is 15.2 Å². The Labute approximate surface area is 155 Å². The molecule has 26 heavy (non-hydrogen) atoms. The molecule has 1 amide bonds. The molecule has 0 saturated carbocycles. The first kappa shape index (κ1) is 18.4. The van der Waals surface area contributed by atoms with Gasteiger partial charge in [-0.25, -0.2) is 0 Å². The number of nitrogens with two attached hydrogens (primary N) is 1. The van der Waals surface area contributed by atoms with E-state index < -0.39 is 0 Å². The van der Waals surface area contributed by atoms with Gasteiger partial charge in [0.25, 0.3) is 5.91 Å². The van der Waals surface area contributed by atoms with Crippen molar-refractivity contribution in [3.8, 4) is 22.6 Å². The maximum atomic E-state index is 12.3. The van der Waals surface area contributed by atoms with Crippen LogP contribution in [0.1, 0.15) is 48.9 Å². The van der Waals surface area contributed by atoms with E-state index in [9.17, 15) is 4.79 Å². The van der Waals surface area contributed by atoms with Crippen molar-refractivity contribution in [3.05, 3.63) is 35.2 Å². The van der Waals surface area contributed by atoms with E-state index in [-0.39, 0.29) is 5.91 Å². The van der Waals surface area contributed by atoms with Crippen molar-refractivity contribution in [1.29, 1.82) is 0 Å². The smallest absolute Gasteiger partial charge is 0.251 e. The fourth-order valence-electron chi connectivity index (χ4n) is 3.67. The summed E-state index contributed by atoms with van der Waals surface area (Å²) in [5.41, 5.74) is 10.4. The van der Waals surface area contributed by atoms with Gasteiger partial charge in [-0.3, -0.25) is 4.79 Å². The zero-order valence-corrected chi connectivity index (χ0v) is 16.1. The largest absolute Gasteiger partial charge is 0.486 e. The van der Waals surface area contributed by atoms with E-state index in [0.29, 0.717) is 24.7 Å². The topological polar surface area (TPSA) is 66.5 Å². The molecule has 5 heteroatoms. The Kier molecular flexibility index (Phi) is 5.25. The van der Waals surface area contributed by atoms with E-state index in [2.05, 4.69) is 25.3 Å². The van der Waals surface area contributed by atoms with Gasteiger partial charge in [0, 0.05) is 23.5 Å². The SMILES string of the molecule is CCc1c(-c2ccc3c(c2)OCCO3)c(C(N)=O)c(C)n1CCC(C)C. The summed E-state index contributed by atoms with van der Waals surface area (Å²) in [7, 11) is 0. The minimum absolute atomic E-state index is 0.384. The van der Waals surface area contributed by atoms with Crippen LogP contribution in [0.25, 0.3) is 11.1 Å². The molecule has 2 aromatic rings. The van der Waals surface area contributed by atoms with E-state index in [1.807, 2.05) is 25.1 Å². The number of hydrogen-bond donors (Lipinski definition) is 1. The lowest BCUT2D eigenvalue weighted by molar-refractivity contribution is 0.1000. The minimum atomic E-state index is -0.384. The number of benzene rings is 1. The quantitative estimate of drug-likeness (QED) is 0.852.